The van der Waals surface area contributed by atoms with Crippen LogP contribution in [-0.4, -0.2) is 18.8 Å². The second kappa shape index (κ2) is 8.75. The first-order chi connectivity index (χ1) is 16.2. The van der Waals surface area contributed by atoms with Gasteiger partial charge < -0.3 is 18.5 Å². The largest absolute Gasteiger partial charge is 0.497 e. The lowest BCUT2D eigenvalue weighted by Crippen LogP contribution is -1.97. The van der Waals surface area contributed by atoms with E-state index >= 15 is 0 Å². The molecule has 33 heavy (non-hydrogen) atoms. The molecule has 0 bridgehead atoms. The number of hydrogen-bond acceptors (Lipinski definition) is 3. The number of furan rings is 1. The first-order valence-corrected chi connectivity index (χ1v) is 10.8. The zero-order chi connectivity index (χ0) is 22.8. The predicted molar refractivity (Wildman–Crippen MR) is 132 cm³/mol. The third-order valence-corrected chi connectivity index (χ3v) is 5.88. The number of ether oxygens (including phenoxy) is 2. The van der Waals surface area contributed by atoms with Crippen LogP contribution in [0.5, 0.6) is 11.5 Å². The van der Waals surface area contributed by atoms with Gasteiger partial charge in [-0.05, 0) is 66.6 Å². The van der Waals surface area contributed by atoms with Gasteiger partial charge >= 0.3 is 0 Å². The van der Waals surface area contributed by atoms with Crippen molar-refractivity contribution in [1.82, 2.24) is 4.57 Å². The molecule has 4 heteroatoms. The zero-order valence-corrected chi connectivity index (χ0v) is 18.9. The number of methoxy groups -OCH3 is 2. The average molecular weight is 436 g/mol. The number of rotatable bonds is 6. The Morgan fingerprint density at radius 1 is 0.636 bits per heavy atom. The summed E-state index contributed by atoms with van der Waals surface area (Å²) in [7, 11) is 3.35. The molecule has 0 aliphatic carbocycles. The van der Waals surface area contributed by atoms with Crippen molar-refractivity contribution in [1.29, 1.82) is 0 Å². The van der Waals surface area contributed by atoms with Crippen molar-refractivity contribution in [3.8, 4) is 50.9 Å². The van der Waals surface area contributed by atoms with Crippen LogP contribution in [0, 0.1) is 6.92 Å². The molecule has 5 rings (SSSR count). The van der Waals surface area contributed by atoms with Crippen LogP contribution in [0.2, 0.25) is 0 Å². The molecular formula is C29H25NO3. The van der Waals surface area contributed by atoms with E-state index in [-0.39, 0.29) is 0 Å². The van der Waals surface area contributed by atoms with Gasteiger partial charge in [-0.25, -0.2) is 0 Å². The van der Waals surface area contributed by atoms with Gasteiger partial charge in [0.1, 0.15) is 11.5 Å². The molecule has 0 aliphatic rings. The van der Waals surface area contributed by atoms with Gasteiger partial charge in [0.2, 0.25) is 0 Å². The summed E-state index contributed by atoms with van der Waals surface area (Å²) in [4.78, 5) is 0. The number of aryl methyl sites for hydroxylation is 1. The van der Waals surface area contributed by atoms with Gasteiger partial charge in [-0.1, -0.05) is 42.0 Å². The molecule has 0 saturated heterocycles. The standard InChI is InChI=1S/C29H25NO3/c1-20-4-10-23(11-5-20)30-18-16-26(21-6-12-24(31-2)13-7-21)28(30)29-27(17-19-33-29)22-8-14-25(32-3)15-9-22/h4-19H,1-3H3. The molecule has 0 amide bonds. The molecule has 164 valence electrons. The maximum absolute atomic E-state index is 6.14. The minimum Gasteiger partial charge on any atom is -0.497 e. The second-order valence-corrected chi connectivity index (χ2v) is 7.90. The van der Waals surface area contributed by atoms with E-state index < -0.39 is 0 Å². The smallest absolute Gasteiger partial charge is 0.159 e. The molecule has 4 nitrogen and oxygen atoms in total. The van der Waals surface area contributed by atoms with E-state index in [9.17, 15) is 0 Å². The molecule has 0 spiro atoms. The summed E-state index contributed by atoms with van der Waals surface area (Å²) in [6, 6.07) is 28.8. The van der Waals surface area contributed by atoms with Crippen molar-refractivity contribution < 1.29 is 13.9 Å². The number of hydrogen-bond donors (Lipinski definition) is 0. The van der Waals surface area contributed by atoms with Crippen molar-refractivity contribution in [3.05, 3.63) is 103 Å². The summed E-state index contributed by atoms with van der Waals surface area (Å²) in [6.45, 7) is 2.09. The topological polar surface area (TPSA) is 36.5 Å². The molecular weight excluding hydrogens is 410 g/mol. The molecule has 3 aromatic carbocycles. The van der Waals surface area contributed by atoms with Crippen molar-refractivity contribution in [3.63, 3.8) is 0 Å². The molecule has 0 unspecified atom stereocenters. The van der Waals surface area contributed by atoms with Crippen molar-refractivity contribution in [2.45, 2.75) is 6.92 Å². The number of benzene rings is 3. The van der Waals surface area contributed by atoms with Crippen molar-refractivity contribution in [2.75, 3.05) is 14.2 Å². The molecule has 0 radical (unpaired) electrons. The van der Waals surface area contributed by atoms with Gasteiger partial charge in [0.05, 0.1) is 26.2 Å². The monoisotopic (exact) mass is 435 g/mol. The number of aromatic nitrogens is 1. The summed E-state index contributed by atoms with van der Waals surface area (Å²) < 4.78 is 19.0. The highest BCUT2D eigenvalue weighted by molar-refractivity contribution is 5.88. The SMILES string of the molecule is COc1ccc(-c2ccoc2-c2c(-c3ccc(OC)cc3)ccn2-c2ccc(C)cc2)cc1. The van der Waals surface area contributed by atoms with Gasteiger partial charge in [0.25, 0.3) is 0 Å². The summed E-state index contributed by atoms with van der Waals surface area (Å²) >= 11 is 0. The molecule has 2 aromatic heterocycles. The minimum atomic E-state index is 0.816. The van der Waals surface area contributed by atoms with Crippen molar-refractivity contribution >= 4 is 0 Å². The highest BCUT2D eigenvalue weighted by atomic mass is 16.5. The molecule has 0 saturated carbocycles. The highest BCUT2D eigenvalue weighted by Gasteiger charge is 2.21. The fourth-order valence-electron chi connectivity index (χ4n) is 4.08. The zero-order valence-electron chi connectivity index (χ0n) is 18.9. The average Bonchev–Trinajstić information content (AvgIpc) is 3.52. The Morgan fingerprint density at radius 2 is 1.21 bits per heavy atom. The Morgan fingerprint density at radius 3 is 1.79 bits per heavy atom. The molecule has 5 aromatic rings. The summed E-state index contributed by atoms with van der Waals surface area (Å²) in [5, 5.41) is 0. The van der Waals surface area contributed by atoms with Crippen LogP contribution in [0.25, 0.3) is 39.4 Å². The normalized spacial score (nSPS) is 10.9. The van der Waals surface area contributed by atoms with E-state index in [1.54, 1.807) is 20.5 Å². The van der Waals surface area contributed by atoms with E-state index in [1.165, 1.54) is 5.56 Å². The van der Waals surface area contributed by atoms with Gasteiger partial charge in [0.15, 0.2) is 5.76 Å². The lowest BCUT2D eigenvalue weighted by molar-refractivity contribution is 0.415. The van der Waals surface area contributed by atoms with E-state index in [0.717, 1.165) is 50.9 Å². The van der Waals surface area contributed by atoms with Gasteiger partial charge in [-0.2, -0.15) is 0 Å². The fraction of sp³-hybridized carbons (Fsp3) is 0.103. The predicted octanol–water partition coefficient (Wildman–Crippen LogP) is 7.40. The summed E-state index contributed by atoms with van der Waals surface area (Å²) in [6.07, 6.45) is 3.85. The Balaban J connectivity index is 1.70. The fourth-order valence-corrected chi connectivity index (χ4v) is 4.08. The van der Waals surface area contributed by atoms with Gasteiger partial charge in [0, 0.05) is 23.0 Å². The number of nitrogens with zero attached hydrogens (tertiary/aromatic N) is 1. The minimum absolute atomic E-state index is 0.816. The van der Waals surface area contributed by atoms with Gasteiger partial charge in [-0.15, -0.1) is 0 Å². The Kier molecular flexibility index (Phi) is 5.49. The Bertz CT molecular complexity index is 1360. The van der Waals surface area contributed by atoms with Crippen LogP contribution in [0.3, 0.4) is 0 Å². The third-order valence-electron chi connectivity index (χ3n) is 5.88. The maximum Gasteiger partial charge on any atom is 0.159 e. The molecule has 0 aliphatic heterocycles. The Labute approximate surface area is 193 Å². The van der Waals surface area contributed by atoms with E-state index in [0.29, 0.717) is 0 Å². The Hall–Kier alpha value is -4.18. The maximum atomic E-state index is 6.14. The highest BCUT2D eigenvalue weighted by Crippen LogP contribution is 2.41. The molecule has 0 N–H and O–H groups in total. The van der Waals surface area contributed by atoms with Crippen LogP contribution in [0.4, 0.5) is 0 Å². The van der Waals surface area contributed by atoms with Crippen LogP contribution in [0.1, 0.15) is 5.56 Å². The lowest BCUT2D eigenvalue weighted by Gasteiger charge is -2.13. The van der Waals surface area contributed by atoms with Crippen molar-refractivity contribution in [2.24, 2.45) is 0 Å². The van der Waals surface area contributed by atoms with Crippen LogP contribution >= 0.6 is 0 Å². The first-order valence-electron chi connectivity index (χ1n) is 10.8. The second-order valence-electron chi connectivity index (χ2n) is 7.90. The summed E-state index contributed by atoms with van der Waals surface area (Å²) in [5.74, 6) is 2.47. The van der Waals surface area contributed by atoms with E-state index in [1.807, 2.05) is 30.3 Å². The van der Waals surface area contributed by atoms with E-state index in [4.69, 9.17) is 13.9 Å². The molecule has 0 atom stereocenters. The molecule has 0 fully saturated rings. The molecule has 2 heterocycles. The van der Waals surface area contributed by atoms with Crippen LogP contribution < -0.4 is 9.47 Å². The van der Waals surface area contributed by atoms with Crippen LogP contribution in [-0.2, 0) is 0 Å². The first kappa shape index (κ1) is 20.7. The lowest BCUT2D eigenvalue weighted by atomic mass is 9.99. The third kappa shape index (κ3) is 3.92. The quantitative estimate of drug-likeness (QED) is 0.279. The van der Waals surface area contributed by atoms with Crippen LogP contribution in [0.15, 0.2) is 102 Å². The van der Waals surface area contributed by atoms with E-state index in [2.05, 4.69) is 72.3 Å². The summed E-state index contributed by atoms with van der Waals surface area (Å²) in [5.41, 5.74) is 7.57. The van der Waals surface area contributed by atoms with Gasteiger partial charge in [-0.3, -0.25) is 0 Å².